The number of rotatable bonds is 2. The number of nitrogens with two attached hydrogens (primary N) is 1. The van der Waals surface area contributed by atoms with Gasteiger partial charge in [0.15, 0.2) is 0 Å². The largest absolute Gasteiger partial charge is 0.507 e. The minimum Gasteiger partial charge on any atom is -0.507 e. The number of hydrogen-bond donors (Lipinski definition) is 2. The van der Waals surface area contributed by atoms with Gasteiger partial charge in [-0.2, -0.15) is 0 Å². The summed E-state index contributed by atoms with van der Waals surface area (Å²) in [7, 11) is 0. The zero-order chi connectivity index (χ0) is 11.4. The van der Waals surface area contributed by atoms with Gasteiger partial charge < -0.3 is 10.8 Å². The van der Waals surface area contributed by atoms with E-state index < -0.39 is 0 Å². The van der Waals surface area contributed by atoms with Gasteiger partial charge >= 0.3 is 0 Å². The number of halogens is 1. The molecule has 2 aromatic rings. The standard InChI is InChI=1S/C13H12N2O.ClH/c14-13(11-8-4-5-9-12(11)16)15-10-6-2-1-3-7-10;/h1-9,16H,(H2,14,15);1H. The number of aromatic hydroxyl groups is 1. The molecule has 0 bridgehead atoms. The summed E-state index contributed by atoms with van der Waals surface area (Å²) >= 11 is 0. The molecule has 0 amide bonds. The van der Waals surface area contributed by atoms with Crippen molar-refractivity contribution in [2.75, 3.05) is 0 Å². The number of phenols is 1. The highest BCUT2D eigenvalue weighted by Gasteiger charge is 2.03. The molecule has 2 rings (SSSR count). The van der Waals surface area contributed by atoms with Gasteiger partial charge in [0.05, 0.1) is 11.3 Å². The second-order valence-corrected chi connectivity index (χ2v) is 3.35. The van der Waals surface area contributed by atoms with Gasteiger partial charge in [0.25, 0.3) is 0 Å². The van der Waals surface area contributed by atoms with Crippen LogP contribution in [0.15, 0.2) is 59.6 Å². The van der Waals surface area contributed by atoms with Gasteiger partial charge in [-0.15, -0.1) is 12.4 Å². The van der Waals surface area contributed by atoms with E-state index in [0.29, 0.717) is 11.4 Å². The first-order chi connectivity index (χ1) is 7.77. The fourth-order valence-electron chi connectivity index (χ4n) is 1.39. The monoisotopic (exact) mass is 248 g/mol. The van der Waals surface area contributed by atoms with Gasteiger partial charge in [-0.1, -0.05) is 30.3 Å². The summed E-state index contributed by atoms with van der Waals surface area (Å²) in [5, 5.41) is 9.60. The first-order valence-corrected chi connectivity index (χ1v) is 4.95. The molecule has 0 saturated carbocycles. The second kappa shape index (κ2) is 5.92. The van der Waals surface area contributed by atoms with E-state index in [9.17, 15) is 5.11 Å². The number of hydrogen-bond acceptors (Lipinski definition) is 2. The van der Waals surface area contributed by atoms with Crippen LogP contribution in [0.4, 0.5) is 5.69 Å². The van der Waals surface area contributed by atoms with Gasteiger partial charge in [-0.3, -0.25) is 0 Å². The fourth-order valence-corrected chi connectivity index (χ4v) is 1.39. The lowest BCUT2D eigenvalue weighted by molar-refractivity contribution is 0.474. The van der Waals surface area contributed by atoms with Gasteiger partial charge in [-0.25, -0.2) is 4.99 Å². The third-order valence-electron chi connectivity index (χ3n) is 2.19. The Balaban J connectivity index is 0.00000144. The predicted molar refractivity (Wildman–Crippen MR) is 72.2 cm³/mol. The molecule has 2 aromatic carbocycles. The Hall–Kier alpha value is -2.00. The van der Waals surface area contributed by atoms with Crippen molar-refractivity contribution in [3.63, 3.8) is 0 Å². The third-order valence-corrected chi connectivity index (χ3v) is 2.19. The number of phenolic OH excluding ortho intramolecular Hbond substituents is 1. The molecule has 0 heterocycles. The van der Waals surface area contributed by atoms with Crippen LogP contribution in [0, 0.1) is 0 Å². The molecular formula is C13H13ClN2O. The van der Waals surface area contributed by atoms with Crippen molar-refractivity contribution in [3.8, 4) is 5.75 Å². The van der Waals surface area contributed by atoms with Crippen molar-refractivity contribution in [1.82, 2.24) is 0 Å². The number of amidine groups is 1. The summed E-state index contributed by atoms with van der Waals surface area (Å²) in [5.41, 5.74) is 7.13. The smallest absolute Gasteiger partial charge is 0.135 e. The summed E-state index contributed by atoms with van der Waals surface area (Å²) < 4.78 is 0. The lowest BCUT2D eigenvalue weighted by Crippen LogP contribution is -2.12. The van der Waals surface area contributed by atoms with Crippen molar-refractivity contribution in [2.24, 2.45) is 10.7 Å². The van der Waals surface area contributed by atoms with Crippen molar-refractivity contribution in [2.45, 2.75) is 0 Å². The SMILES string of the molecule is Cl.NC(=Nc1ccccc1)c1ccccc1O. The molecule has 4 heteroatoms. The molecule has 0 spiro atoms. The summed E-state index contributed by atoms with van der Waals surface area (Å²) in [6.45, 7) is 0. The second-order valence-electron chi connectivity index (χ2n) is 3.35. The normalized spacial score (nSPS) is 10.7. The maximum absolute atomic E-state index is 9.60. The predicted octanol–water partition coefficient (Wildman–Crippen LogP) is 2.85. The average molecular weight is 249 g/mol. The molecule has 0 aromatic heterocycles. The van der Waals surface area contributed by atoms with E-state index in [1.54, 1.807) is 18.2 Å². The van der Waals surface area contributed by atoms with Crippen LogP contribution < -0.4 is 5.73 Å². The molecule has 3 N–H and O–H groups in total. The highest BCUT2D eigenvalue weighted by molar-refractivity contribution is 6.01. The minimum atomic E-state index is 0. The molecule has 0 aliphatic heterocycles. The Morgan fingerprint density at radius 3 is 2.18 bits per heavy atom. The van der Waals surface area contributed by atoms with Crippen LogP contribution in [-0.2, 0) is 0 Å². The molecular weight excluding hydrogens is 236 g/mol. The van der Waals surface area contributed by atoms with Crippen LogP contribution in [0.5, 0.6) is 5.75 Å². The van der Waals surface area contributed by atoms with E-state index in [-0.39, 0.29) is 18.2 Å². The molecule has 0 atom stereocenters. The molecule has 88 valence electrons. The molecule has 17 heavy (non-hydrogen) atoms. The van der Waals surface area contributed by atoms with Crippen molar-refractivity contribution in [1.29, 1.82) is 0 Å². The lowest BCUT2D eigenvalue weighted by atomic mass is 10.2. The van der Waals surface area contributed by atoms with Crippen molar-refractivity contribution in [3.05, 3.63) is 60.2 Å². The van der Waals surface area contributed by atoms with E-state index in [4.69, 9.17) is 5.73 Å². The first kappa shape index (κ1) is 13.1. The minimum absolute atomic E-state index is 0. The van der Waals surface area contributed by atoms with Gasteiger partial charge in [0.2, 0.25) is 0 Å². The van der Waals surface area contributed by atoms with Gasteiger partial charge in [-0.05, 0) is 24.3 Å². The summed E-state index contributed by atoms with van der Waals surface area (Å²) in [5.74, 6) is 0.448. The Labute approximate surface area is 106 Å². The molecule has 0 unspecified atom stereocenters. The Morgan fingerprint density at radius 1 is 0.941 bits per heavy atom. The lowest BCUT2D eigenvalue weighted by Gasteiger charge is -2.03. The van der Waals surface area contributed by atoms with E-state index in [1.807, 2.05) is 36.4 Å². The maximum Gasteiger partial charge on any atom is 0.135 e. The molecule has 0 aliphatic carbocycles. The summed E-state index contributed by atoms with van der Waals surface area (Å²) in [4.78, 5) is 4.22. The van der Waals surface area contributed by atoms with Crippen LogP contribution in [0.1, 0.15) is 5.56 Å². The van der Waals surface area contributed by atoms with Crippen LogP contribution in [0.3, 0.4) is 0 Å². The van der Waals surface area contributed by atoms with E-state index in [1.165, 1.54) is 0 Å². The third kappa shape index (κ3) is 3.23. The quantitative estimate of drug-likeness (QED) is 0.634. The number of aliphatic imine (C=N–C) groups is 1. The van der Waals surface area contributed by atoms with E-state index in [0.717, 1.165) is 5.69 Å². The fraction of sp³-hybridized carbons (Fsp3) is 0. The maximum atomic E-state index is 9.60. The number of nitrogens with zero attached hydrogens (tertiary/aromatic N) is 1. The molecule has 0 aliphatic rings. The van der Waals surface area contributed by atoms with Gasteiger partial charge in [0, 0.05) is 0 Å². The zero-order valence-electron chi connectivity index (χ0n) is 9.08. The highest BCUT2D eigenvalue weighted by atomic mass is 35.5. The van der Waals surface area contributed by atoms with Crippen LogP contribution in [0.2, 0.25) is 0 Å². The van der Waals surface area contributed by atoms with Crippen LogP contribution >= 0.6 is 12.4 Å². The number of benzene rings is 2. The van der Waals surface area contributed by atoms with Crippen LogP contribution in [-0.4, -0.2) is 10.9 Å². The molecule has 0 saturated heterocycles. The highest BCUT2D eigenvalue weighted by Crippen LogP contribution is 2.17. The Bertz CT molecular complexity index is 512. The summed E-state index contributed by atoms with van der Waals surface area (Å²) in [6, 6.07) is 16.3. The van der Waals surface area contributed by atoms with E-state index >= 15 is 0 Å². The Kier molecular flexibility index (Phi) is 4.55. The van der Waals surface area contributed by atoms with Crippen LogP contribution in [0.25, 0.3) is 0 Å². The van der Waals surface area contributed by atoms with Crippen molar-refractivity contribution >= 4 is 23.9 Å². The molecule has 3 nitrogen and oxygen atoms in total. The van der Waals surface area contributed by atoms with E-state index in [2.05, 4.69) is 4.99 Å². The topological polar surface area (TPSA) is 58.6 Å². The van der Waals surface area contributed by atoms with Crippen molar-refractivity contribution < 1.29 is 5.11 Å². The first-order valence-electron chi connectivity index (χ1n) is 4.95. The zero-order valence-corrected chi connectivity index (χ0v) is 9.89. The Morgan fingerprint density at radius 2 is 1.53 bits per heavy atom. The molecule has 0 fully saturated rings. The average Bonchev–Trinajstić information content (AvgIpc) is 2.31. The summed E-state index contributed by atoms with van der Waals surface area (Å²) in [6.07, 6.45) is 0. The number of para-hydroxylation sites is 2. The molecule has 0 radical (unpaired) electrons. The van der Waals surface area contributed by atoms with Gasteiger partial charge in [0.1, 0.15) is 11.6 Å².